The molecule has 0 spiro atoms. The molecule has 35 heavy (non-hydrogen) atoms. The number of amides is 1. The van der Waals surface area contributed by atoms with E-state index in [9.17, 15) is 17.6 Å². The van der Waals surface area contributed by atoms with E-state index in [2.05, 4.69) is 5.32 Å². The summed E-state index contributed by atoms with van der Waals surface area (Å²) in [6.07, 6.45) is 1.35. The third kappa shape index (κ3) is 5.60. The molecule has 10 heteroatoms. The fourth-order valence-corrected chi connectivity index (χ4v) is 6.68. The third-order valence-electron chi connectivity index (χ3n) is 6.69. The average molecular weight is 506 g/mol. The van der Waals surface area contributed by atoms with Crippen LogP contribution in [-0.2, 0) is 14.8 Å². The molecular weight excluding hydrogens is 473 g/mol. The highest BCUT2D eigenvalue weighted by Crippen LogP contribution is 2.39. The molecule has 4 rings (SSSR count). The maximum Gasteiger partial charge on any atom is 0.410 e. The summed E-state index contributed by atoms with van der Waals surface area (Å²) >= 11 is 0. The van der Waals surface area contributed by atoms with Gasteiger partial charge in [-0.05, 0) is 68.1 Å². The molecule has 190 valence electrons. The van der Waals surface area contributed by atoms with Crippen LogP contribution in [0.15, 0.2) is 53.4 Å². The van der Waals surface area contributed by atoms with Crippen LogP contribution in [0.1, 0.15) is 37.8 Å². The Morgan fingerprint density at radius 2 is 1.94 bits per heavy atom. The van der Waals surface area contributed by atoms with Gasteiger partial charge in [0.25, 0.3) is 0 Å². The zero-order chi connectivity index (χ0) is 25.0. The molecular formula is C25H32FN3O5S. The van der Waals surface area contributed by atoms with Crippen molar-refractivity contribution in [2.45, 2.75) is 49.2 Å². The molecule has 1 amide bonds. The van der Waals surface area contributed by atoms with E-state index in [0.717, 1.165) is 6.42 Å². The van der Waals surface area contributed by atoms with Crippen molar-refractivity contribution < 1.29 is 27.1 Å². The van der Waals surface area contributed by atoms with Gasteiger partial charge in [-0.3, -0.25) is 0 Å². The molecule has 2 aromatic carbocycles. The fraction of sp³-hybridized carbons (Fsp3) is 0.480. The summed E-state index contributed by atoms with van der Waals surface area (Å²) in [6.45, 7) is 3.76. The first-order valence-corrected chi connectivity index (χ1v) is 13.3. The Bertz CT molecular complexity index is 1130. The molecule has 2 aromatic rings. The molecule has 2 aliphatic heterocycles. The lowest BCUT2D eigenvalue weighted by Gasteiger charge is -2.41. The second-order valence-electron chi connectivity index (χ2n) is 8.99. The number of nitrogens with one attached hydrogen (secondary N) is 1. The van der Waals surface area contributed by atoms with Crippen LogP contribution in [0.3, 0.4) is 0 Å². The number of piperidine rings is 1. The molecule has 2 aliphatic rings. The highest BCUT2D eigenvalue weighted by Gasteiger charge is 2.41. The van der Waals surface area contributed by atoms with Crippen LogP contribution in [0.2, 0.25) is 0 Å². The Morgan fingerprint density at radius 1 is 1.17 bits per heavy atom. The van der Waals surface area contributed by atoms with E-state index in [4.69, 9.17) is 9.47 Å². The predicted octanol–water partition coefficient (Wildman–Crippen LogP) is 3.55. The van der Waals surface area contributed by atoms with Crippen LogP contribution in [0, 0.1) is 5.82 Å². The minimum atomic E-state index is -3.99. The molecule has 1 N–H and O–H groups in total. The number of sulfonamides is 1. The Balaban J connectivity index is 1.63. The summed E-state index contributed by atoms with van der Waals surface area (Å²) in [5, 5.41) is 3.23. The molecule has 0 radical (unpaired) electrons. The minimum Gasteiger partial charge on any atom is -0.497 e. The number of nitrogens with zero attached hydrogens (tertiary/aromatic N) is 2. The van der Waals surface area contributed by atoms with Crippen LogP contribution in [0.5, 0.6) is 5.75 Å². The monoisotopic (exact) mass is 505 g/mol. The molecule has 3 atom stereocenters. The molecule has 2 heterocycles. The lowest BCUT2D eigenvalue weighted by Crippen LogP contribution is -2.53. The zero-order valence-electron chi connectivity index (χ0n) is 20.0. The normalized spacial score (nSPS) is 23.6. The standard InChI is InChI=1S/C25H32FN3O5S/c1-18-16-27-13-14-28(18)25(30)34-17-21-7-4-8-24(19-5-3-6-20(26)15-19)29(21)35(31,32)23-11-9-22(33-2)10-12-23/h3,5-6,9-12,15,18,21,24,27H,4,7-8,13-14,16-17H2,1-2H3/t18?,21-,24+/m1/s1. The Kier molecular flexibility index (Phi) is 7.93. The number of ether oxygens (including phenoxy) is 2. The lowest BCUT2D eigenvalue weighted by atomic mass is 9.93. The quantitative estimate of drug-likeness (QED) is 0.646. The van der Waals surface area contributed by atoms with Crippen molar-refractivity contribution in [2.75, 3.05) is 33.4 Å². The summed E-state index contributed by atoms with van der Waals surface area (Å²) in [4.78, 5) is 14.6. The van der Waals surface area contributed by atoms with Gasteiger partial charge in [0, 0.05) is 25.7 Å². The lowest BCUT2D eigenvalue weighted by molar-refractivity contribution is 0.0500. The smallest absolute Gasteiger partial charge is 0.410 e. The van der Waals surface area contributed by atoms with Crippen LogP contribution in [-0.4, -0.2) is 69.2 Å². The number of piperazine rings is 1. The molecule has 2 fully saturated rings. The first kappa shape index (κ1) is 25.4. The summed E-state index contributed by atoms with van der Waals surface area (Å²) < 4.78 is 54.1. The zero-order valence-corrected chi connectivity index (χ0v) is 20.8. The largest absolute Gasteiger partial charge is 0.497 e. The molecule has 0 aliphatic carbocycles. The Labute approximate surface area is 206 Å². The Morgan fingerprint density at radius 3 is 2.63 bits per heavy atom. The average Bonchev–Trinajstić information content (AvgIpc) is 2.87. The molecule has 0 bridgehead atoms. The highest BCUT2D eigenvalue weighted by atomic mass is 32.2. The van der Waals surface area contributed by atoms with E-state index in [1.807, 2.05) is 6.92 Å². The van der Waals surface area contributed by atoms with Gasteiger partial charge in [-0.25, -0.2) is 17.6 Å². The van der Waals surface area contributed by atoms with Crippen molar-refractivity contribution in [2.24, 2.45) is 0 Å². The van der Waals surface area contributed by atoms with Gasteiger partial charge in [-0.1, -0.05) is 12.1 Å². The highest BCUT2D eigenvalue weighted by molar-refractivity contribution is 7.89. The molecule has 8 nitrogen and oxygen atoms in total. The van der Waals surface area contributed by atoms with Crippen molar-refractivity contribution in [3.8, 4) is 5.75 Å². The van der Waals surface area contributed by atoms with Gasteiger partial charge in [0.05, 0.1) is 24.1 Å². The number of carbonyl (C=O) groups excluding carboxylic acids is 1. The summed E-state index contributed by atoms with van der Waals surface area (Å²) in [5.41, 5.74) is 0.578. The van der Waals surface area contributed by atoms with Gasteiger partial charge in [0.1, 0.15) is 18.2 Å². The molecule has 0 saturated carbocycles. The second-order valence-corrected chi connectivity index (χ2v) is 10.8. The van der Waals surface area contributed by atoms with E-state index < -0.39 is 34.0 Å². The van der Waals surface area contributed by atoms with Crippen LogP contribution < -0.4 is 10.1 Å². The van der Waals surface area contributed by atoms with E-state index in [1.165, 1.54) is 35.7 Å². The van der Waals surface area contributed by atoms with Gasteiger partial charge < -0.3 is 19.7 Å². The van der Waals surface area contributed by atoms with Crippen LogP contribution in [0.25, 0.3) is 0 Å². The number of rotatable bonds is 6. The predicted molar refractivity (Wildman–Crippen MR) is 129 cm³/mol. The van der Waals surface area contributed by atoms with Crippen LogP contribution >= 0.6 is 0 Å². The molecule has 0 aromatic heterocycles. The van der Waals surface area contributed by atoms with Gasteiger partial charge in [0.15, 0.2) is 0 Å². The van der Waals surface area contributed by atoms with Crippen LogP contribution in [0.4, 0.5) is 9.18 Å². The van der Waals surface area contributed by atoms with E-state index in [1.54, 1.807) is 29.2 Å². The Hall–Kier alpha value is -2.69. The number of halogens is 1. The SMILES string of the molecule is COc1ccc(S(=O)(=O)N2[C@@H](COC(=O)N3CCNCC3C)CCC[C@H]2c2cccc(F)c2)cc1. The topological polar surface area (TPSA) is 88.2 Å². The van der Waals surface area contributed by atoms with Crippen molar-refractivity contribution in [3.05, 3.63) is 59.9 Å². The summed E-state index contributed by atoms with van der Waals surface area (Å²) in [5.74, 6) is 0.116. The van der Waals surface area contributed by atoms with Crippen molar-refractivity contribution in [1.29, 1.82) is 0 Å². The summed E-state index contributed by atoms with van der Waals surface area (Å²) in [6, 6.07) is 11.0. The van der Waals surface area contributed by atoms with Gasteiger partial charge >= 0.3 is 6.09 Å². The number of hydrogen-bond acceptors (Lipinski definition) is 6. The van der Waals surface area contributed by atoms with Gasteiger partial charge in [0.2, 0.25) is 10.0 Å². The van der Waals surface area contributed by atoms with Crippen molar-refractivity contribution >= 4 is 16.1 Å². The first-order valence-electron chi connectivity index (χ1n) is 11.9. The van der Waals surface area contributed by atoms with E-state index >= 15 is 0 Å². The van der Waals surface area contributed by atoms with Gasteiger partial charge in [-0.2, -0.15) is 4.31 Å². The number of carbonyl (C=O) groups is 1. The number of benzene rings is 2. The fourth-order valence-electron chi connectivity index (χ4n) is 4.84. The third-order valence-corrected chi connectivity index (χ3v) is 8.66. The maximum absolute atomic E-state index is 14.1. The number of methoxy groups -OCH3 is 1. The molecule has 1 unspecified atom stereocenters. The summed E-state index contributed by atoms with van der Waals surface area (Å²) in [7, 11) is -2.48. The van der Waals surface area contributed by atoms with Crippen molar-refractivity contribution in [1.82, 2.24) is 14.5 Å². The minimum absolute atomic E-state index is 0.0122. The van der Waals surface area contributed by atoms with Gasteiger partial charge in [-0.15, -0.1) is 0 Å². The van der Waals surface area contributed by atoms with E-state index in [0.29, 0.717) is 43.8 Å². The number of hydrogen-bond donors (Lipinski definition) is 1. The van der Waals surface area contributed by atoms with Crippen molar-refractivity contribution in [3.63, 3.8) is 0 Å². The maximum atomic E-state index is 14.1. The van der Waals surface area contributed by atoms with E-state index in [-0.39, 0.29) is 17.5 Å². The molecule has 2 saturated heterocycles. The second kappa shape index (κ2) is 10.9. The first-order chi connectivity index (χ1) is 16.8.